The molecule has 10 aromatic carbocycles. The van der Waals surface area contributed by atoms with Gasteiger partial charge in [-0.25, -0.2) is 0 Å². The molecule has 2 nitrogen and oxygen atoms in total. The van der Waals surface area contributed by atoms with Crippen LogP contribution in [-0.4, -0.2) is 0 Å². The fraction of sp³-hybridized carbons (Fsp3) is 0. The van der Waals surface area contributed by atoms with Crippen LogP contribution in [0.25, 0.3) is 87.6 Å². The Kier molecular flexibility index (Phi) is 7.53. The monoisotopic (exact) mass is 713 g/mol. The third-order valence-electron chi connectivity index (χ3n) is 11.2. The molecule has 11 aromatic rings. The summed E-state index contributed by atoms with van der Waals surface area (Å²) in [7, 11) is 0. The number of anilines is 3. The lowest BCUT2D eigenvalue weighted by Crippen LogP contribution is -2.10. The van der Waals surface area contributed by atoms with Gasteiger partial charge in [0, 0.05) is 27.5 Å². The first kappa shape index (κ1) is 32.0. The molecule has 0 fully saturated rings. The maximum atomic E-state index is 6.30. The van der Waals surface area contributed by atoms with Crippen molar-refractivity contribution in [3.8, 4) is 33.4 Å². The third kappa shape index (κ3) is 5.34. The molecule has 0 aliphatic rings. The molecule has 0 amide bonds. The number of benzene rings is 10. The van der Waals surface area contributed by atoms with Gasteiger partial charge in [0.15, 0.2) is 0 Å². The van der Waals surface area contributed by atoms with Gasteiger partial charge < -0.3 is 9.32 Å². The number of furan rings is 1. The summed E-state index contributed by atoms with van der Waals surface area (Å²) in [5.74, 6) is 0. The summed E-state index contributed by atoms with van der Waals surface area (Å²) in [6, 6.07) is 76.5. The largest absolute Gasteiger partial charge is 0.456 e. The lowest BCUT2D eigenvalue weighted by atomic mass is 9.96. The Morgan fingerprint density at radius 2 is 0.875 bits per heavy atom. The van der Waals surface area contributed by atoms with Gasteiger partial charge in [-0.1, -0.05) is 170 Å². The van der Waals surface area contributed by atoms with E-state index in [4.69, 9.17) is 4.42 Å². The lowest BCUT2D eigenvalue weighted by Gasteiger charge is -2.28. The highest BCUT2D eigenvalue weighted by atomic mass is 16.3. The zero-order valence-electron chi connectivity index (χ0n) is 30.6. The third-order valence-corrected chi connectivity index (χ3v) is 11.2. The van der Waals surface area contributed by atoms with Crippen molar-refractivity contribution in [3.63, 3.8) is 0 Å². The summed E-state index contributed by atoms with van der Waals surface area (Å²) >= 11 is 0. The van der Waals surface area contributed by atoms with E-state index in [1.807, 2.05) is 12.1 Å². The first-order valence-electron chi connectivity index (χ1n) is 19.2. The molecule has 2 heteroatoms. The van der Waals surface area contributed by atoms with Crippen molar-refractivity contribution in [2.45, 2.75) is 0 Å². The Labute approximate surface area is 325 Å². The van der Waals surface area contributed by atoms with E-state index in [1.165, 1.54) is 54.6 Å². The molecule has 56 heavy (non-hydrogen) atoms. The van der Waals surface area contributed by atoms with Crippen LogP contribution in [-0.2, 0) is 0 Å². The number of hydrogen-bond acceptors (Lipinski definition) is 2. The van der Waals surface area contributed by atoms with Gasteiger partial charge in [0.1, 0.15) is 11.2 Å². The summed E-state index contributed by atoms with van der Waals surface area (Å²) in [6.07, 6.45) is 0. The molecule has 0 aliphatic heterocycles. The van der Waals surface area contributed by atoms with Gasteiger partial charge in [0.05, 0.1) is 5.69 Å². The van der Waals surface area contributed by atoms with E-state index < -0.39 is 0 Å². The molecule has 0 aliphatic carbocycles. The minimum Gasteiger partial charge on any atom is -0.456 e. The maximum absolute atomic E-state index is 6.30. The van der Waals surface area contributed by atoms with Gasteiger partial charge in [0.25, 0.3) is 0 Å². The Balaban J connectivity index is 1.05. The van der Waals surface area contributed by atoms with E-state index in [0.29, 0.717) is 0 Å². The number of para-hydroxylation sites is 1. The van der Waals surface area contributed by atoms with Crippen LogP contribution in [0.15, 0.2) is 217 Å². The molecule has 0 saturated heterocycles. The smallest absolute Gasteiger partial charge is 0.136 e. The molecule has 262 valence electrons. The van der Waals surface area contributed by atoms with E-state index in [9.17, 15) is 0 Å². The fourth-order valence-corrected chi connectivity index (χ4v) is 8.60. The molecule has 0 spiro atoms. The average Bonchev–Trinajstić information content (AvgIpc) is 3.66. The quantitative estimate of drug-likeness (QED) is 0.160. The van der Waals surface area contributed by atoms with Gasteiger partial charge >= 0.3 is 0 Å². The second-order valence-electron chi connectivity index (χ2n) is 14.5. The Hall–Kier alpha value is -7.42. The second kappa shape index (κ2) is 13.2. The highest BCUT2D eigenvalue weighted by Crippen LogP contribution is 2.44. The lowest BCUT2D eigenvalue weighted by molar-refractivity contribution is 0.669. The average molecular weight is 714 g/mol. The SMILES string of the molecule is c1cc(-c2cccc3oc4ccccc4c23)cc(N(c2ccc(-c3ccc(-c4cccc5ccccc45)cc3)cc2)c2cc3ccccc3c3ccccc23)c1. The zero-order chi connectivity index (χ0) is 37.0. The highest BCUT2D eigenvalue weighted by molar-refractivity contribution is 6.15. The molecule has 0 unspecified atom stereocenters. The first-order chi connectivity index (χ1) is 27.8. The van der Waals surface area contributed by atoms with Gasteiger partial charge in [-0.05, 0) is 103 Å². The summed E-state index contributed by atoms with van der Waals surface area (Å²) in [4.78, 5) is 2.42. The van der Waals surface area contributed by atoms with Crippen LogP contribution in [0.5, 0.6) is 0 Å². The molecule has 1 heterocycles. The maximum Gasteiger partial charge on any atom is 0.136 e. The Morgan fingerprint density at radius 3 is 1.70 bits per heavy atom. The van der Waals surface area contributed by atoms with E-state index in [1.54, 1.807) is 0 Å². The van der Waals surface area contributed by atoms with Crippen LogP contribution in [0.3, 0.4) is 0 Å². The standard InChI is InChI=1S/C54H35NO/c1-3-17-44-38(12-1)14-10-22-45(44)39-28-26-36(27-29-39)37-30-32-42(33-31-37)55(51-35-41-13-2-4-18-46(41)48-19-5-6-20-49(48)51)43-16-9-15-40(34-43)47-23-11-25-53-54(47)50-21-7-8-24-52(50)56-53/h1-35H. The molecule has 0 saturated carbocycles. The van der Waals surface area contributed by atoms with Crippen molar-refractivity contribution < 1.29 is 4.42 Å². The topological polar surface area (TPSA) is 16.4 Å². The molecule has 1 aromatic heterocycles. The van der Waals surface area contributed by atoms with E-state index in [2.05, 4.69) is 205 Å². The van der Waals surface area contributed by atoms with E-state index in [-0.39, 0.29) is 0 Å². The first-order valence-corrected chi connectivity index (χ1v) is 19.2. The molecule has 0 N–H and O–H groups in total. The number of nitrogens with zero attached hydrogens (tertiary/aromatic N) is 1. The van der Waals surface area contributed by atoms with Crippen molar-refractivity contribution in [1.29, 1.82) is 0 Å². The minimum absolute atomic E-state index is 0.896. The second-order valence-corrected chi connectivity index (χ2v) is 14.5. The van der Waals surface area contributed by atoms with Gasteiger partial charge in [-0.2, -0.15) is 0 Å². The van der Waals surface area contributed by atoms with Gasteiger partial charge in [0.2, 0.25) is 0 Å². The normalized spacial score (nSPS) is 11.6. The van der Waals surface area contributed by atoms with Crippen molar-refractivity contribution >= 4 is 71.3 Å². The zero-order valence-corrected chi connectivity index (χ0v) is 30.6. The molecular formula is C54H35NO. The van der Waals surface area contributed by atoms with Crippen LogP contribution in [0.4, 0.5) is 17.1 Å². The molecular weight excluding hydrogens is 679 g/mol. The van der Waals surface area contributed by atoms with Crippen molar-refractivity contribution in [3.05, 3.63) is 212 Å². The van der Waals surface area contributed by atoms with Crippen LogP contribution in [0, 0.1) is 0 Å². The van der Waals surface area contributed by atoms with Crippen LogP contribution >= 0.6 is 0 Å². The minimum atomic E-state index is 0.896. The van der Waals surface area contributed by atoms with Crippen LogP contribution in [0.1, 0.15) is 0 Å². The van der Waals surface area contributed by atoms with E-state index in [0.717, 1.165) is 50.1 Å². The van der Waals surface area contributed by atoms with Crippen molar-refractivity contribution in [2.24, 2.45) is 0 Å². The number of fused-ring (bicyclic) bond motifs is 7. The Morgan fingerprint density at radius 1 is 0.304 bits per heavy atom. The Bertz CT molecular complexity index is 3240. The molecule has 0 radical (unpaired) electrons. The summed E-state index contributed by atoms with van der Waals surface area (Å²) in [6.45, 7) is 0. The van der Waals surface area contributed by atoms with E-state index >= 15 is 0 Å². The predicted octanol–water partition coefficient (Wildman–Crippen LogP) is 15.5. The van der Waals surface area contributed by atoms with Gasteiger partial charge in [-0.15, -0.1) is 0 Å². The highest BCUT2D eigenvalue weighted by Gasteiger charge is 2.19. The number of rotatable bonds is 6. The molecule has 0 atom stereocenters. The number of hydrogen-bond donors (Lipinski definition) is 0. The molecule has 0 bridgehead atoms. The van der Waals surface area contributed by atoms with Crippen LogP contribution < -0.4 is 4.90 Å². The predicted molar refractivity (Wildman–Crippen MR) is 237 cm³/mol. The summed E-state index contributed by atoms with van der Waals surface area (Å²) < 4.78 is 6.30. The van der Waals surface area contributed by atoms with Crippen molar-refractivity contribution in [2.75, 3.05) is 4.90 Å². The van der Waals surface area contributed by atoms with Crippen molar-refractivity contribution in [1.82, 2.24) is 0 Å². The molecule has 11 rings (SSSR count). The van der Waals surface area contributed by atoms with Crippen LogP contribution in [0.2, 0.25) is 0 Å². The fourth-order valence-electron chi connectivity index (χ4n) is 8.60. The summed E-state index contributed by atoms with van der Waals surface area (Å²) in [5, 5.41) is 9.69. The summed E-state index contributed by atoms with van der Waals surface area (Å²) in [5.41, 5.74) is 12.2. The van der Waals surface area contributed by atoms with Gasteiger partial charge in [-0.3, -0.25) is 0 Å².